The van der Waals surface area contributed by atoms with Crippen molar-refractivity contribution in [2.75, 3.05) is 4.90 Å². The van der Waals surface area contributed by atoms with Gasteiger partial charge in [0.2, 0.25) is 0 Å². The number of fused-ring (bicyclic) bond motifs is 4. The molecule has 3 nitrogen and oxygen atoms in total. The average molecular weight is 538 g/mol. The maximum absolute atomic E-state index is 6.38. The number of nitrogens with zero attached hydrogens (tertiary/aromatic N) is 2. The minimum Gasteiger partial charge on any atom is -0.383 e. The van der Waals surface area contributed by atoms with E-state index in [2.05, 4.69) is 112 Å². The molecular weight excluding hydrogens is 498 g/mol. The molecule has 0 radical (unpaired) electrons. The van der Waals surface area contributed by atoms with Gasteiger partial charge in [0.15, 0.2) is 0 Å². The number of allylic oxidation sites excluding steroid dienone is 4. The molecule has 1 aliphatic carbocycles. The first-order valence-corrected chi connectivity index (χ1v) is 14.3. The largest absolute Gasteiger partial charge is 0.383 e. The highest BCUT2D eigenvalue weighted by atomic mass is 15.2. The predicted octanol–water partition coefficient (Wildman–Crippen LogP) is 8.90. The molecule has 1 unspecified atom stereocenters. The Morgan fingerprint density at radius 1 is 0.829 bits per heavy atom. The zero-order chi connectivity index (χ0) is 29.0. The smallest absolute Gasteiger partial charge is 0.128 e. The molecule has 0 fully saturated rings. The molecule has 4 aromatic rings. The first kappa shape index (κ1) is 27.9. The molecular formula is C38H39N3. The van der Waals surface area contributed by atoms with Gasteiger partial charge in [-0.25, -0.2) is 4.99 Å². The van der Waals surface area contributed by atoms with Crippen LogP contribution in [0.15, 0.2) is 133 Å². The third-order valence-corrected chi connectivity index (χ3v) is 8.03. The highest BCUT2D eigenvalue weighted by Crippen LogP contribution is 2.51. The van der Waals surface area contributed by atoms with Crippen LogP contribution in [-0.4, -0.2) is 12.0 Å². The Balaban J connectivity index is 0.000000365. The molecule has 1 aliphatic heterocycles. The number of aryl methyl sites for hydroxylation is 1. The second kappa shape index (κ2) is 11.9. The highest BCUT2D eigenvalue weighted by Gasteiger charge is 2.36. The summed E-state index contributed by atoms with van der Waals surface area (Å²) in [4.78, 5) is 7.04. The van der Waals surface area contributed by atoms with E-state index >= 15 is 0 Å². The molecule has 0 bridgehead atoms. The molecule has 0 aromatic heterocycles. The van der Waals surface area contributed by atoms with Crippen molar-refractivity contribution in [2.45, 2.75) is 45.7 Å². The first-order chi connectivity index (χ1) is 19.8. The average Bonchev–Trinajstić information content (AvgIpc) is 3.22. The van der Waals surface area contributed by atoms with Crippen LogP contribution in [0, 0.1) is 0 Å². The Bertz CT molecular complexity index is 1630. The molecule has 0 spiro atoms. The zero-order valence-corrected chi connectivity index (χ0v) is 24.5. The van der Waals surface area contributed by atoms with Crippen LogP contribution in [0.5, 0.6) is 0 Å². The molecule has 1 heterocycles. The number of nitrogens with two attached hydrogens (primary N) is 1. The number of hydrogen-bond donors (Lipinski definition) is 1. The highest BCUT2D eigenvalue weighted by molar-refractivity contribution is 5.98. The Morgan fingerprint density at radius 3 is 2.17 bits per heavy atom. The molecule has 3 heteroatoms. The van der Waals surface area contributed by atoms with E-state index in [1.54, 1.807) is 0 Å². The van der Waals surface area contributed by atoms with E-state index < -0.39 is 0 Å². The summed E-state index contributed by atoms with van der Waals surface area (Å²) in [7, 11) is 0. The van der Waals surface area contributed by atoms with Gasteiger partial charge in [0.05, 0.1) is 5.69 Å². The minimum absolute atomic E-state index is 0.0600. The van der Waals surface area contributed by atoms with E-state index in [-0.39, 0.29) is 11.6 Å². The summed E-state index contributed by atoms with van der Waals surface area (Å²) in [5.41, 5.74) is 17.1. The molecule has 4 aromatic carbocycles. The Morgan fingerprint density at radius 2 is 1.49 bits per heavy atom. The van der Waals surface area contributed by atoms with Crippen molar-refractivity contribution >= 4 is 17.1 Å². The number of rotatable bonds is 4. The Labute approximate surface area is 245 Å². The molecule has 2 N–H and O–H groups in total. The van der Waals surface area contributed by atoms with Gasteiger partial charge in [-0.3, -0.25) is 0 Å². The van der Waals surface area contributed by atoms with Crippen LogP contribution in [0.3, 0.4) is 0 Å². The van der Waals surface area contributed by atoms with E-state index in [0.717, 1.165) is 28.8 Å². The number of benzene rings is 4. The molecule has 0 saturated carbocycles. The van der Waals surface area contributed by atoms with Gasteiger partial charge in [0, 0.05) is 22.7 Å². The van der Waals surface area contributed by atoms with Gasteiger partial charge in [-0.05, 0) is 64.9 Å². The lowest BCUT2D eigenvalue weighted by atomic mass is 9.81. The second-order valence-electron chi connectivity index (χ2n) is 11.1. The lowest BCUT2D eigenvalue weighted by Gasteiger charge is -2.30. The van der Waals surface area contributed by atoms with Crippen LogP contribution < -0.4 is 10.6 Å². The van der Waals surface area contributed by atoms with Gasteiger partial charge in [0.1, 0.15) is 12.0 Å². The summed E-state index contributed by atoms with van der Waals surface area (Å²) < 4.78 is 0. The minimum atomic E-state index is -0.192. The summed E-state index contributed by atoms with van der Waals surface area (Å²) in [5.74, 6) is 0.530. The van der Waals surface area contributed by atoms with Gasteiger partial charge in [-0.15, -0.1) is 0 Å². The Hall–Kier alpha value is -4.63. The van der Waals surface area contributed by atoms with Crippen molar-refractivity contribution in [1.29, 1.82) is 0 Å². The predicted molar refractivity (Wildman–Crippen MR) is 176 cm³/mol. The van der Waals surface area contributed by atoms with Gasteiger partial charge in [-0.1, -0.05) is 124 Å². The molecule has 1 atom stereocenters. The van der Waals surface area contributed by atoms with E-state index in [1.165, 1.54) is 27.8 Å². The summed E-state index contributed by atoms with van der Waals surface area (Å²) in [6.07, 6.45) is 9.16. The number of hydrogen-bond acceptors (Lipinski definition) is 2. The number of aliphatic imine (C=N–C) groups is 1. The topological polar surface area (TPSA) is 41.6 Å². The van der Waals surface area contributed by atoms with Crippen molar-refractivity contribution in [1.82, 2.24) is 0 Å². The quantitative estimate of drug-likeness (QED) is 0.209. The maximum atomic E-state index is 6.38. The third kappa shape index (κ3) is 5.67. The van der Waals surface area contributed by atoms with E-state index in [0.29, 0.717) is 5.84 Å². The van der Waals surface area contributed by atoms with Crippen molar-refractivity contribution < 1.29 is 0 Å². The first-order valence-electron chi connectivity index (χ1n) is 14.3. The second-order valence-corrected chi connectivity index (χ2v) is 11.1. The van der Waals surface area contributed by atoms with Crippen LogP contribution in [-0.2, 0) is 11.8 Å². The lowest BCUT2D eigenvalue weighted by Crippen LogP contribution is -2.30. The van der Waals surface area contributed by atoms with Crippen molar-refractivity contribution in [2.24, 2.45) is 10.7 Å². The summed E-state index contributed by atoms with van der Waals surface area (Å²) in [6.45, 7) is 13.2. The van der Waals surface area contributed by atoms with Crippen LogP contribution in [0.2, 0.25) is 0 Å². The monoisotopic (exact) mass is 537 g/mol. The van der Waals surface area contributed by atoms with Crippen LogP contribution in [0.1, 0.15) is 55.5 Å². The van der Waals surface area contributed by atoms with Crippen molar-refractivity contribution in [3.8, 4) is 11.1 Å². The normalized spacial score (nSPS) is 17.1. The summed E-state index contributed by atoms with van der Waals surface area (Å²) in [6, 6.07) is 33.7. The molecule has 2 aliphatic rings. The van der Waals surface area contributed by atoms with Crippen LogP contribution >= 0.6 is 0 Å². The molecule has 41 heavy (non-hydrogen) atoms. The summed E-state index contributed by atoms with van der Waals surface area (Å²) >= 11 is 0. The zero-order valence-electron chi connectivity index (χ0n) is 24.5. The maximum Gasteiger partial charge on any atom is 0.128 e. The number of amidine groups is 1. The van der Waals surface area contributed by atoms with Crippen LogP contribution in [0.25, 0.3) is 16.7 Å². The Kier molecular flexibility index (Phi) is 8.07. The molecule has 0 saturated heterocycles. The fraction of sp³-hybridized carbons (Fsp3) is 0.184. The van der Waals surface area contributed by atoms with E-state index in [1.807, 2.05) is 48.6 Å². The van der Waals surface area contributed by atoms with Gasteiger partial charge in [-0.2, -0.15) is 0 Å². The van der Waals surface area contributed by atoms with Crippen molar-refractivity contribution in [3.63, 3.8) is 0 Å². The number of anilines is 1. The third-order valence-electron chi connectivity index (χ3n) is 8.03. The van der Waals surface area contributed by atoms with Gasteiger partial charge in [0.25, 0.3) is 0 Å². The van der Waals surface area contributed by atoms with Gasteiger partial charge >= 0.3 is 0 Å². The fourth-order valence-electron chi connectivity index (χ4n) is 5.68. The van der Waals surface area contributed by atoms with E-state index in [9.17, 15) is 0 Å². The molecule has 206 valence electrons. The van der Waals surface area contributed by atoms with Crippen molar-refractivity contribution in [3.05, 3.63) is 156 Å². The van der Waals surface area contributed by atoms with Gasteiger partial charge < -0.3 is 10.6 Å². The lowest BCUT2D eigenvalue weighted by molar-refractivity contribution is 0.660. The van der Waals surface area contributed by atoms with E-state index in [4.69, 9.17) is 10.7 Å². The molecule has 0 amide bonds. The fourth-order valence-corrected chi connectivity index (χ4v) is 5.68. The SMILES string of the molecule is C=C1/C=C\C=C/N(C(C)/N=C(\N)c2ccccc2)c2cc3c(cc21)C(C)(C)c1ccccc1-3.CCc1ccccc1. The molecule has 6 rings (SSSR count). The summed E-state index contributed by atoms with van der Waals surface area (Å²) in [5, 5.41) is 0. The standard InChI is InChI=1S/C30H29N3.C8H10/c1-20-12-10-11-17-33(21(2)32-29(31)22-13-6-5-7-14-22)28-19-25-23-15-8-9-16-26(23)30(3,4)27(25)18-24(20)28;1-2-8-6-4-3-5-7-8/h5-19,21H,1H2,2-4H3,(H2,31,32);3-7H,2H2,1H3/b12-10-,17-11-;. The van der Waals surface area contributed by atoms with Crippen LogP contribution in [0.4, 0.5) is 5.69 Å².